The van der Waals surface area contributed by atoms with Crippen LogP contribution in [0.1, 0.15) is 27.7 Å². The molecule has 0 aliphatic rings. The number of carboxylic acids is 1. The lowest BCUT2D eigenvalue weighted by molar-refractivity contribution is -0.140. The molecule has 100 valence electrons. The van der Waals surface area contributed by atoms with Gasteiger partial charge in [0, 0.05) is 7.11 Å². The van der Waals surface area contributed by atoms with Gasteiger partial charge in [-0.25, -0.2) is 9.59 Å². The average Bonchev–Trinajstić information content (AvgIpc) is 2.11. The lowest BCUT2D eigenvalue weighted by Crippen LogP contribution is -2.55. The van der Waals surface area contributed by atoms with Crippen molar-refractivity contribution in [2.75, 3.05) is 13.7 Å². The van der Waals surface area contributed by atoms with Gasteiger partial charge in [0.05, 0.1) is 12.1 Å². The molecule has 0 rings (SSSR count). The smallest absolute Gasteiger partial charge is 0.326 e. The van der Waals surface area contributed by atoms with Gasteiger partial charge in [0.25, 0.3) is 0 Å². The van der Waals surface area contributed by atoms with E-state index in [4.69, 9.17) is 9.84 Å². The van der Waals surface area contributed by atoms with Crippen molar-refractivity contribution in [3.05, 3.63) is 0 Å². The Labute approximate surface area is 102 Å². The third-order valence-corrected chi connectivity index (χ3v) is 2.18. The largest absolute Gasteiger partial charge is 0.480 e. The molecular weight excluding hydrogens is 224 g/mol. The number of methoxy groups -OCH3 is 1. The van der Waals surface area contributed by atoms with E-state index < -0.39 is 23.6 Å². The maximum absolute atomic E-state index is 11.6. The minimum Gasteiger partial charge on any atom is -0.480 e. The molecule has 17 heavy (non-hydrogen) atoms. The quantitative estimate of drug-likeness (QED) is 0.647. The first-order valence-corrected chi connectivity index (χ1v) is 5.50. The molecule has 0 aliphatic heterocycles. The molecule has 0 bridgehead atoms. The first-order chi connectivity index (χ1) is 7.69. The fourth-order valence-electron chi connectivity index (χ4n) is 1.40. The Bertz CT molecular complexity index is 277. The number of urea groups is 1. The van der Waals surface area contributed by atoms with Crippen LogP contribution in [-0.2, 0) is 9.53 Å². The number of carboxylic acid groups (broad SMARTS) is 1. The van der Waals surface area contributed by atoms with Crippen molar-refractivity contribution in [2.24, 2.45) is 5.92 Å². The number of carbonyl (C=O) groups is 2. The third-order valence-electron chi connectivity index (χ3n) is 2.18. The molecule has 0 heterocycles. The summed E-state index contributed by atoms with van der Waals surface area (Å²) in [6, 6.07) is -1.40. The highest BCUT2D eigenvalue weighted by atomic mass is 16.5. The normalized spacial score (nSPS) is 13.3. The molecule has 0 saturated carbocycles. The van der Waals surface area contributed by atoms with E-state index in [2.05, 4.69) is 10.6 Å². The van der Waals surface area contributed by atoms with Crippen LogP contribution in [0.25, 0.3) is 0 Å². The second-order valence-electron chi connectivity index (χ2n) is 4.98. The van der Waals surface area contributed by atoms with Gasteiger partial charge in [-0.3, -0.25) is 0 Å². The summed E-state index contributed by atoms with van der Waals surface area (Å²) >= 11 is 0. The van der Waals surface area contributed by atoms with Gasteiger partial charge in [-0.2, -0.15) is 0 Å². The number of carbonyl (C=O) groups excluding carboxylic acids is 1. The molecule has 0 fully saturated rings. The van der Waals surface area contributed by atoms with E-state index in [-0.39, 0.29) is 5.92 Å². The molecule has 0 aliphatic carbocycles. The van der Waals surface area contributed by atoms with Gasteiger partial charge in [-0.05, 0) is 19.8 Å². The van der Waals surface area contributed by atoms with Gasteiger partial charge in [-0.15, -0.1) is 0 Å². The van der Waals surface area contributed by atoms with Crippen LogP contribution in [0.2, 0.25) is 0 Å². The predicted molar refractivity (Wildman–Crippen MR) is 63.9 cm³/mol. The molecule has 0 aromatic heterocycles. The summed E-state index contributed by atoms with van der Waals surface area (Å²) in [6.45, 7) is 7.40. The summed E-state index contributed by atoms with van der Waals surface area (Å²) in [5, 5.41) is 14.0. The molecule has 6 heteroatoms. The molecule has 6 nitrogen and oxygen atoms in total. The highest BCUT2D eigenvalue weighted by Crippen LogP contribution is 2.04. The number of aliphatic carboxylic acids is 1. The summed E-state index contributed by atoms with van der Waals surface area (Å²) in [5.74, 6) is -1.22. The summed E-state index contributed by atoms with van der Waals surface area (Å²) in [6.07, 6.45) is 0. The molecule has 2 amide bonds. The second-order valence-corrected chi connectivity index (χ2v) is 4.98. The molecule has 3 N–H and O–H groups in total. The summed E-state index contributed by atoms with van der Waals surface area (Å²) in [4.78, 5) is 22.5. The minimum atomic E-state index is -1.04. The van der Waals surface area contributed by atoms with Crippen LogP contribution >= 0.6 is 0 Å². The molecule has 0 spiro atoms. The Kier molecular flexibility index (Phi) is 5.95. The van der Waals surface area contributed by atoms with Gasteiger partial charge in [0.2, 0.25) is 0 Å². The zero-order chi connectivity index (χ0) is 13.6. The highest BCUT2D eigenvalue weighted by Gasteiger charge is 2.26. The molecular formula is C11H22N2O4. The fraction of sp³-hybridized carbons (Fsp3) is 0.818. The Morgan fingerprint density at radius 3 is 2.24 bits per heavy atom. The van der Waals surface area contributed by atoms with Gasteiger partial charge >= 0.3 is 12.0 Å². The van der Waals surface area contributed by atoms with Crippen molar-refractivity contribution in [2.45, 2.75) is 39.3 Å². The third kappa shape index (κ3) is 6.11. The number of hydrogen-bond donors (Lipinski definition) is 3. The monoisotopic (exact) mass is 246 g/mol. The Balaban J connectivity index is 4.38. The molecule has 0 unspecified atom stereocenters. The zero-order valence-corrected chi connectivity index (χ0v) is 11.0. The van der Waals surface area contributed by atoms with Gasteiger partial charge in [0.1, 0.15) is 6.04 Å². The Morgan fingerprint density at radius 1 is 1.35 bits per heavy atom. The van der Waals surface area contributed by atoms with Crippen LogP contribution in [-0.4, -0.2) is 42.4 Å². The van der Waals surface area contributed by atoms with E-state index in [0.29, 0.717) is 6.61 Å². The van der Waals surface area contributed by atoms with Crippen molar-refractivity contribution in [3.63, 3.8) is 0 Å². The average molecular weight is 246 g/mol. The predicted octanol–water partition coefficient (Wildman–Crippen LogP) is 0.820. The van der Waals surface area contributed by atoms with Crippen LogP contribution in [0.5, 0.6) is 0 Å². The number of rotatable bonds is 6. The van der Waals surface area contributed by atoms with E-state index >= 15 is 0 Å². The SMILES string of the molecule is COCC(C)(C)NC(=O)N[C@H](C(=O)O)C(C)C. The Hall–Kier alpha value is -1.30. The van der Waals surface area contributed by atoms with Crippen LogP contribution < -0.4 is 10.6 Å². The molecule has 0 saturated heterocycles. The van der Waals surface area contributed by atoms with Crippen LogP contribution in [0.4, 0.5) is 4.79 Å². The number of hydrogen-bond acceptors (Lipinski definition) is 3. The lowest BCUT2D eigenvalue weighted by Gasteiger charge is -2.27. The summed E-state index contributed by atoms with van der Waals surface area (Å²) < 4.78 is 4.95. The van der Waals surface area contributed by atoms with Crippen LogP contribution in [0.15, 0.2) is 0 Å². The fourth-order valence-corrected chi connectivity index (χ4v) is 1.40. The van der Waals surface area contributed by atoms with E-state index in [1.54, 1.807) is 27.7 Å². The molecule has 0 radical (unpaired) electrons. The maximum atomic E-state index is 11.6. The van der Waals surface area contributed by atoms with Crippen molar-refractivity contribution in [1.82, 2.24) is 10.6 Å². The molecule has 0 aromatic rings. The summed E-state index contributed by atoms with van der Waals surface area (Å²) in [5.41, 5.74) is -0.543. The van der Waals surface area contributed by atoms with Crippen LogP contribution in [0, 0.1) is 5.92 Å². The molecule has 0 aromatic carbocycles. The van der Waals surface area contributed by atoms with Crippen molar-refractivity contribution < 1.29 is 19.4 Å². The molecule has 1 atom stereocenters. The standard InChI is InChI=1S/C11H22N2O4/c1-7(2)8(9(14)15)12-10(16)13-11(3,4)6-17-5/h7-8H,6H2,1-5H3,(H,14,15)(H2,12,13,16)/t8-/m0/s1. The minimum absolute atomic E-state index is 0.177. The number of ether oxygens (including phenoxy) is 1. The van der Waals surface area contributed by atoms with Crippen molar-refractivity contribution in [1.29, 1.82) is 0 Å². The van der Waals surface area contributed by atoms with Gasteiger partial charge < -0.3 is 20.5 Å². The van der Waals surface area contributed by atoms with Crippen molar-refractivity contribution in [3.8, 4) is 0 Å². The van der Waals surface area contributed by atoms with E-state index in [1.165, 1.54) is 7.11 Å². The van der Waals surface area contributed by atoms with Crippen LogP contribution in [0.3, 0.4) is 0 Å². The second kappa shape index (κ2) is 6.44. The van der Waals surface area contributed by atoms with E-state index in [0.717, 1.165) is 0 Å². The van der Waals surface area contributed by atoms with E-state index in [9.17, 15) is 9.59 Å². The lowest BCUT2D eigenvalue weighted by atomic mass is 10.0. The van der Waals surface area contributed by atoms with Gasteiger partial charge in [0.15, 0.2) is 0 Å². The van der Waals surface area contributed by atoms with Gasteiger partial charge in [-0.1, -0.05) is 13.8 Å². The highest BCUT2D eigenvalue weighted by molar-refractivity contribution is 5.83. The number of amides is 2. The first kappa shape index (κ1) is 15.7. The first-order valence-electron chi connectivity index (χ1n) is 5.50. The Morgan fingerprint density at radius 2 is 1.88 bits per heavy atom. The zero-order valence-electron chi connectivity index (χ0n) is 11.0. The topological polar surface area (TPSA) is 87.7 Å². The van der Waals surface area contributed by atoms with Crippen molar-refractivity contribution >= 4 is 12.0 Å². The number of nitrogens with one attached hydrogen (secondary N) is 2. The maximum Gasteiger partial charge on any atom is 0.326 e. The van der Waals surface area contributed by atoms with E-state index in [1.807, 2.05) is 0 Å². The summed E-state index contributed by atoms with van der Waals surface area (Å²) in [7, 11) is 1.54.